The summed E-state index contributed by atoms with van der Waals surface area (Å²) in [5, 5.41) is 29.0. The van der Waals surface area contributed by atoms with E-state index in [1.54, 1.807) is 0 Å². The van der Waals surface area contributed by atoms with Crippen LogP contribution >= 0.6 is 0 Å². The summed E-state index contributed by atoms with van der Waals surface area (Å²) in [6, 6.07) is 55.8. The molecule has 0 saturated heterocycles. The molecule has 0 aromatic heterocycles. The Morgan fingerprint density at radius 3 is 0.908 bits per heavy atom. The van der Waals surface area contributed by atoms with Crippen LogP contribution in [0.1, 0.15) is 140 Å². The highest BCUT2D eigenvalue weighted by molar-refractivity contribution is 6.14. The van der Waals surface area contributed by atoms with Crippen molar-refractivity contribution in [3.8, 4) is 33.4 Å². The zero-order valence-corrected chi connectivity index (χ0v) is 38.8. The van der Waals surface area contributed by atoms with Gasteiger partial charge in [-0.05, 0) is 138 Å². The van der Waals surface area contributed by atoms with Gasteiger partial charge in [-0.1, -0.05) is 224 Å². The number of aliphatic hydroxyl groups excluding tert-OH is 2. The monoisotopic (exact) mass is 859 g/mol. The van der Waals surface area contributed by atoms with E-state index in [4.69, 9.17) is 0 Å². The summed E-state index contributed by atoms with van der Waals surface area (Å²) in [6.45, 7) is 0.639. The number of hydrogen-bond donors (Lipinski definition) is 2. The molecule has 0 aliphatic heterocycles. The van der Waals surface area contributed by atoms with E-state index in [0.29, 0.717) is 13.2 Å². The minimum atomic E-state index is -0.0912. The van der Waals surface area contributed by atoms with E-state index in [1.807, 2.05) is 0 Å². The van der Waals surface area contributed by atoms with Crippen LogP contribution < -0.4 is 0 Å². The highest BCUT2D eigenvalue weighted by Crippen LogP contribution is 2.57. The van der Waals surface area contributed by atoms with Crippen LogP contribution in [-0.4, -0.2) is 23.4 Å². The van der Waals surface area contributed by atoms with Crippen molar-refractivity contribution in [3.05, 3.63) is 157 Å². The molecule has 334 valence electrons. The quantitative estimate of drug-likeness (QED) is 0.0469. The molecule has 0 saturated carbocycles. The molecule has 0 amide bonds. The highest BCUT2D eigenvalue weighted by atomic mass is 16.3. The first-order valence-electron chi connectivity index (χ1n) is 25.5. The summed E-state index contributed by atoms with van der Waals surface area (Å²) in [5.41, 5.74) is 11.2. The molecule has 0 atom stereocenters. The zero-order chi connectivity index (χ0) is 44.3. The van der Waals surface area contributed by atoms with Gasteiger partial charge in [-0.15, -0.1) is 0 Å². The van der Waals surface area contributed by atoms with E-state index >= 15 is 0 Å². The first-order valence-corrected chi connectivity index (χ1v) is 25.5. The molecule has 65 heavy (non-hydrogen) atoms. The van der Waals surface area contributed by atoms with Crippen molar-refractivity contribution in [1.82, 2.24) is 0 Å². The second-order valence-electron chi connectivity index (χ2n) is 19.3. The van der Waals surface area contributed by atoms with Crippen molar-refractivity contribution in [2.75, 3.05) is 13.2 Å². The van der Waals surface area contributed by atoms with Gasteiger partial charge in [0.25, 0.3) is 0 Å². The minimum Gasteiger partial charge on any atom is -0.396 e. The molecule has 2 heteroatoms. The number of benzene rings is 8. The van der Waals surface area contributed by atoms with E-state index in [0.717, 1.165) is 38.5 Å². The Bertz CT molecular complexity index is 2530. The van der Waals surface area contributed by atoms with Crippen molar-refractivity contribution in [3.63, 3.8) is 0 Å². The third-order valence-corrected chi connectivity index (χ3v) is 15.0. The first-order chi connectivity index (χ1) is 32.2. The summed E-state index contributed by atoms with van der Waals surface area (Å²) in [6.07, 6.45) is 24.3. The van der Waals surface area contributed by atoms with E-state index in [1.165, 1.54) is 177 Å². The van der Waals surface area contributed by atoms with Crippen molar-refractivity contribution >= 4 is 43.1 Å². The lowest BCUT2D eigenvalue weighted by Crippen LogP contribution is -2.25. The molecular formula is C63H70O2. The smallest absolute Gasteiger partial charge is 0.0431 e. The topological polar surface area (TPSA) is 40.5 Å². The van der Waals surface area contributed by atoms with Crippen LogP contribution in [0.4, 0.5) is 0 Å². The Hall–Kier alpha value is -5.28. The van der Waals surface area contributed by atoms with Crippen LogP contribution in [0.2, 0.25) is 0 Å². The molecule has 1 aliphatic carbocycles. The number of fused-ring (bicyclic) bond motifs is 7. The maximum absolute atomic E-state index is 9.24. The normalized spacial score (nSPS) is 13.0. The lowest BCUT2D eigenvalue weighted by Gasteiger charge is -2.33. The molecular weight excluding hydrogens is 789 g/mol. The summed E-state index contributed by atoms with van der Waals surface area (Å²) in [4.78, 5) is 0. The van der Waals surface area contributed by atoms with E-state index in [2.05, 4.69) is 146 Å². The molecule has 2 nitrogen and oxygen atoms in total. The molecule has 0 fully saturated rings. The van der Waals surface area contributed by atoms with Crippen molar-refractivity contribution in [1.29, 1.82) is 0 Å². The van der Waals surface area contributed by atoms with Gasteiger partial charge in [0.05, 0.1) is 0 Å². The number of aliphatic hydroxyl groups is 2. The number of rotatable bonds is 24. The average Bonchev–Trinajstić information content (AvgIpc) is 3.61. The van der Waals surface area contributed by atoms with E-state index < -0.39 is 0 Å². The summed E-state index contributed by atoms with van der Waals surface area (Å²) >= 11 is 0. The van der Waals surface area contributed by atoms with Crippen LogP contribution in [-0.2, 0) is 5.41 Å². The molecule has 1 aliphatic rings. The summed E-state index contributed by atoms with van der Waals surface area (Å²) < 4.78 is 0. The van der Waals surface area contributed by atoms with E-state index in [-0.39, 0.29) is 5.41 Å². The molecule has 0 unspecified atom stereocenters. The summed E-state index contributed by atoms with van der Waals surface area (Å²) in [5.74, 6) is 0. The predicted molar refractivity (Wildman–Crippen MR) is 280 cm³/mol. The molecule has 8 aromatic rings. The SMILES string of the molecule is OCCCCCCCCCCCC1(CCCCCCCCCCCO)c2cc(-c3c4ccccc4cc4ccccc34)ccc2-c2ccc(-c3c4ccccc4cc4ccccc34)cc21. The van der Waals surface area contributed by atoms with Crippen molar-refractivity contribution in [2.45, 2.75) is 134 Å². The van der Waals surface area contributed by atoms with Gasteiger partial charge >= 0.3 is 0 Å². The van der Waals surface area contributed by atoms with Crippen LogP contribution in [0.3, 0.4) is 0 Å². The summed E-state index contributed by atoms with van der Waals surface area (Å²) in [7, 11) is 0. The van der Waals surface area contributed by atoms with Crippen LogP contribution in [0.5, 0.6) is 0 Å². The fourth-order valence-corrected chi connectivity index (χ4v) is 11.7. The van der Waals surface area contributed by atoms with Crippen LogP contribution in [0, 0.1) is 0 Å². The molecule has 0 bridgehead atoms. The van der Waals surface area contributed by atoms with Crippen LogP contribution in [0.25, 0.3) is 76.5 Å². The second-order valence-corrected chi connectivity index (χ2v) is 19.3. The molecule has 0 radical (unpaired) electrons. The molecule has 9 rings (SSSR count). The maximum Gasteiger partial charge on any atom is 0.0431 e. The zero-order valence-electron chi connectivity index (χ0n) is 38.8. The van der Waals surface area contributed by atoms with Gasteiger partial charge in [-0.2, -0.15) is 0 Å². The van der Waals surface area contributed by atoms with Gasteiger partial charge in [0.2, 0.25) is 0 Å². The largest absolute Gasteiger partial charge is 0.396 e. The molecule has 2 N–H and O–H groups in total. The fraction of sp³-hybridized carbons (Fsp3) is 0.365. The Balaban J connectivity index is 1.13. The van der Waals surface area contributed by atoms with Crippen molar-refractivity contribution < 1.29 is 10.2 Å². The van der Waals surface area contributed by atoms with E-state index in [9.17, 15) is 10.2 Å². The van der Waals surface area contributed by atoms with Crippen molar-refractivity contribution in [2.24, 2.45) is 0 Å². The Kier molecular flexibility index (Phi) is 15.1. The molecule has 8 aromatic carbocycles. The Labute approximate surface area is 388 Å². The molecule has 0 spiro atoms. The number of hydrogen-bond acceptors (Lipinski definition) is 2. The third-order valence-electron chi connectivity index (χ3n) is 15.0. The standard InChI is InChI=1S/C63H70O2/c64-41-25-13-9-5-1-3-7-11-23-39-63(40-24-12-8-4-2-6-10-14-26-42-65)59-45-51(61-53-31-19-15-27-47(53)43-48-28-16-20-32-54(48)61)35-37-57(59)58-38-36-52(46-60(58)63)62-55-33-21-17-29-49(55)44-50-30-18-22-34-56(50)62/h15-22,27-38,43-46,64-65H,1-14,23-26,39-42H2. The predicted octanol–water partition coefficient (Wildman–Crippen LogP) is 17.7. The average molecular weight is 859 g/mol. The first kappa shape index (κ1) is 44.9. The second kappa shape index (κ2) is 21.8. The minimum absolute atomic E-state index is 0.0912. The fourth-order valence-electron chi connectivity index (χ4n) is 11.7. The third kappa shape index (κ3) is 9.82. The van der Waals surface area contributed by atoms with Gasteiger partial charge < -0.3 is 10.2 Å². The Morgan fingerprint density at radius 1 is 0.292 bits per heavy atom. The lowest BCUT2D eigenvalue weighted by atomic mass is 9.69. The van der Waals surface area contributed by atoms with Gasteiger partial charge in [-0.25, -0.2) is 0 Å². The maximum atomic E-state index is 9.24. The number of unbranched alkanes of at least 4 members (excludes halogenated alkanes) is 16. The van der Waals surface area contributed by atoms with Gasteiger partial charge in [0, 0.05) is 18.6 Å². The Morgan fingerprint density at radius 2 is 0.585 bits per heavy atom. The van der Waals surface area contributed by atoms with Gasteiger partial charge in [-0.3, -0.25) is 0 Å². The molecule has 0 heterocycles. The van der Waals surface area contributed by atoms with Crippen LogP contribution in [0.15, 0.2) is 146 Å². The van der Waals surface area contributed by atoms with Gasteiger partial charge in [0.1, 0.15) is 0 Å². The lowest BCUT2D eigenvalue weighted by molar-refractivity contribution is 0.282. The van der Waals surface area contributed by atoms with Gasteiger partial charge in [0.15, 0.2) is 0 Å². The highest BCUT2D eigenvalue weighted by Gasteiger charge is 2.43.